The summed E-state index contributed by atoms with van der Waals surface area (Å²) in [6.07, 6.45) is 21.1. The SMILES string of the molecule is CCCCCCCC/C=[C]\C(O)CCCCCCC. The van der Waals surface area contributed by atoms with Gasteiger partial charge < -0.3 is 5.11 Å². The van der Waals surface area contributed by atoms with Crippen molar-refractivity contribution < 1.29 is 5.11 Å². The molecule has 1 N–H and O–H groups in total. The third-order valence-corrected chi connectivity index (χ3v) is 3.59. The molecular formula is C18H35O. The summed E-state index contributed by atoms with van der Waals surface area (Å²) in [5.74, 6) is 0. The highest BCUT2D eigenvalue weighted by atomic mass is 16.3. The summed E-state index contributed by atoms with van der Waals surface area (Å²) in [4.78, 5) is 0. The Bertz CT molecular complexity index is 186. The predicted molar refractivity (Wildman–Crippen MR) is 85.2 cm³/mol. The Morgan fingerprint density at radius 3 is 1.95 bits per heavy atom. The Hall–Kier alpha value is -0.300. The molecule has 0 aromatic rings. The summed E-state index contributed by atoms with van der Waals surface area (Å²) >= 11 is 0. The van der Waals surface area contributed by atoms with E-state index in [1.807, 2.05) is 0 Å². The summed E-state index contributed by atoms with van der Waals surface area (Å²) in [6.45, 7) is 4.48. The number of aliphatic hydroxyl groups is 1. The van der Waals surface area contributed by atoms with Gasteiger partial charge in [-0.15, -0.1) is 0 Å². The van der Waals surface area contributed by atoms with Gasteiger partial charge in [0, 0.05) is 0 Å². The summed E-state index contributed by atoms with van der Waals surface area (Å²) in [6, 6.07) is 0. The zero-order valence-electron chi connectivity index (χ0n) is 13.3. The van der Waals surface area contributed by atoms with Crippen LogP contribution >= 0.6 is 0 Å². The van der Waals surface area contributed by atoms with Crippen LogP contribution in [0.1, 0.15) is 97.3 Å². The molecule has 19 heavy (non-hydrogen) atoms. The van der Waals surface area contributed by atoms with E-state index in [2.05, 4.69) is 26.0 Å². The minimum Gasteiger partial charge on any atom is -0.388 e. The van der Waals surface area contributed by atoms with Crippen molar-refractivity contribution in [1.82, 2.24) is 0 Å². The fourth-order valence-corrected chi connectivity index (χ4v) is 2.27. The molecule has 113 valence electrons. The molecule has 1 radical (unpaired) electrons. The second-order valence-corrected chi connectivity index (χ2v) is 5.65. The summed E-state index contributed by atoms with van der Waals surface area (Å²) in [5.41, 5.74) is 0. The second-order valence-electron chi connectivity index (χ2n) is 5.65. The van der Waals surface area contributed by atoms with Crippen LogP contribution in [-0.4, -0.2) is 11.2 Å². The van der Waals surface area contributed by atoms with E-state index in [0.717, 1.165) is 19.3 Å². The first-order valence-electron chi connectivity index (χ1n) is 8.57. The molecule has 0 aliphatic heterocycles. The van der Waals surface area contributed by atoms with E-state index in [4.69, 9.17) is 0 Å². The number of unbranched alkanes of at least 4 members (excludes halogenated alkanes) is 10. The minimum absolute atomic E-state index is 0.332. The molecule has 0 saturated carbocycles. The van der Waals surface area contributed by atoms with Crippen molar-refractivity contribution in [2.24, 2.45) is 0 Å². The van der Waals surface area contributed by atoms with Crippen molar-refractivity contribution >= 4 is 0 Å². The predicted octanol–water partition coefficient (Wildman–Crippen LogP) is 5.82. The molecule has 0 aliphatic rings. The second kappa shape index (κ2) is 15.8. The monoisotopic (exact) mass is 267 g/mol. The number of hydrogen-bond donors (Lipinski definition) is 1. The third-order valence-electron chi connectivity index (χ3n) is 3.59. The lowest BCUT2D eigenvalue weighted by molar-refractivity contribution is 0.200. The lowest BCUT2D eigenvalue weighted by atomic mass is 10.1. The average molecular weight is 267 g/mol. The Kier molecular flexibility index (Phi) is 15.5. The van der Waals surface area contributed by atoms with Crippen LogP contribution in [0, 0.1) is 6.08 Å². The summed E-state index contributed by atoms with van der Waals surface area (Å²) in [5, 5.41) is 9.74. The fraction of sp³-hybridized carbons (Fsp3) is 0.889. The highest BCUT2D eigenvalue weighted by Crippen LogP contribution is 2.09. The van der Waals surface area contributed by atoms with Crippen molar-refractivity contribution in [2.75, 3.05) is 0 Å². The van der Waals surface area contributed by atoms with E-state index in [1.165, 1.54) is 64.2 Å². The van der Waals surface area contributed by atoms with Crippen molar-refractivity contribution in [1.29, 1.82) is 0 Å². The molecule has 0 bridgehead atoms. The Labute approximate surface area is 121 Å². The molecule has 0 aromatic carbocycles. The number of allylic oxidation sites excluding steroid dienone is 1. The molecule has 1 unspecified atom stereocenters. The van der Waals surface area contributed by atoms with Crippen LogP contribution < -0.4 is 0 Å². The van der Waals surface area contributed by atoms with E-state index < -0.39 is 0 Å². The normalized spacial score (nSPS) is 13.2. The smallest absolute Gasteiger partial charge is 0.0790 e. The highest BCUT2D eigenvalue weighted by molar-refractivity contribution is 4.80. The standard InChI is InChI=1S/C18H35O/c1-3-5-7-9-10-11-13-15-17-18(19)16-14-12-8-6-4-2/h15,18-19H,3-14,16H2,1-2H3. The molecule has 0 aliphatic carbocycles. The largest absolute Gasteiger partial charge is 0.388 e. The van der Waals surface area contributed by atoms with E-state index in [0.29, 0.717) is 0 Å². The van der Waals surface area contributed by atoms with Crippen LogP contribution in [0.2, 0.25) is 0 Å². The van der Waals surface area contributed by atoms with Gasteiger partial charge in [0.1, 0.15) is 0 Å². The van der Waals surface area contributed by atoms with Gasteiger partial charge in [-0.1, -0.05) is 84.1 Å². The quantitative estimate of drug-likeness (QED) is 0.393. The zero-order chi connectivity index (χ0) is 14.2. The van der Waals surface area contributed by atoms with Gasteiger partial charge >= 0.3 is 0 Å². The van der Waals surface area contributed by atoms with Gasteiger partial charge in [0.05, 0.1) is 6.10 Å². The van der Waals surface area contributed by atoms with E-state index in [1.54, 1.807) is 0 Å². The van der Waals surface area contributed by atoms with E-state index in [9.17, 15) is 5.11 Å². The Morgan fingerprint density at radius 1 is 0.789 bits per heavy atom. The first-order valence-corrected chi connectivity index (χ1v) is 8.57. The maximum absolute atomic E-state index is 9.74. The maximum Gasteiger partial charge on any atom is 0.0790 e. The molecule has 0 heterocycles. The topological polar surface area (TPSA) is 20.2 Å². The number of hydrogen-bond acceptors (Lipinski definition) is 1. The average Bonchev–Trinajstić information content (AvgIpc) is 2.41. The van der Waals surface area contributed by atoms with Crippen molar-refractivity contribution in [3.05, 3.63) is 12.2 Å². The molecule has 0 spiro atoms. The van der Waals surface area contributed by atoms with Crippen LogP contribution in [0.15, 0.2) is 6.08 Å². The molecule has 1 nitrogen and oxygen atoms in total. The first-order chi connectivity index (χ1) is 9.31. The van der Waals surface area contributed by atoms with Gasteiger partial charge in [-0.3, -0.25) is 0 Å². The molecule has 0 rings (SSSR count). The third kappa shape index (κ3) is 15.6. The number of rotatable bonds is 14. The maximum atomic E-state index is 9.74. The molecule has 0 fully saturated rings. The van der Waals surface area contributed by atoms with Gasteiger partial charge in [-0.25, -0.2) is 0 Å². The van der Waals surface area contributed by atoms with Crippen LogP contribution in [0.5, 0.6) is 0 Å². The molecule has 0 aromatic heterocycles. The van der Waals surface area contributed by atoms with Crippen molar-refractivity contribution in [3.8, 4) is 0 Å². The zero-order valence-corrected chi connectivity index (χ0v) is 13.3. The van der Waals surface area contributed by atoms with Crippen molar-refractivity contribution in [2.45, 2.75) is 103 Å². The van der Waals surface area contributed by atoms with Crippen LogP contribution in [-0.2, 0) is 0 Å². The van der Waals surface area contributed by atoms with Crippen LogP contribution in [0.25, 0.3) is 0 Å². The Morgan fingerprint density at radius 2 is 1.32 bits per heavy atom. The van der Waals surface area contributed by atoms with Gasteiger partial charge in [-0.2, -0.15) is 0 Å². The lowest BCUT2D eigenvalue weighted by Gasteiger charge is -2.04. The fourth-order valence-electron chi connectivity index (χ4n) is 2.27. The minimum atomic E-state index is -0.332. The molecule has 0 amide bonds. The molecule has 1 atom stereocenters. The van der Waals surface area contributed by atoms with Gasteiger partial charge in [-0.05, 0) is 25.3 Å². The van der Waals surface area contributed by atoms with Crippen LogP contribution in [0.3, 0.4) is 0 Å². The van der Waals surface area contributed by atoms with E-state index in [-0.39, 0.29) is 6.10 Å². The highest BCUT2D eigenvalue weighted by Gasteiger charge is 1.99. The van der Waals surface area contributed by atoms with E-state index >= 15 is 0 Å². The summed E-state index contributed by atoms with van der Waals surface area (Å²) in [7, 11) is 0. The molecular weight excluding hydrogens is 232 g/mol. The van der Waals surface area contributed by atoms with Gasteiger partial charge in [0.25, 0.3) is 0 Å². The number of aliphatic hydroxyl groups excluding tert-OH is 1. The summed E-state index contributed by atoms with van der Waals surface area (Å²) < 4.78 is 0. The van der Waals surface area contributed by atoms with Gasteiger partial charge in [0.2, 0.25) is 0 Å². The molecule has 1 heteroatoms. The molecule has 0 saturated heterocycles. The lowest BCUT2D eigenvalue weighted by Crippen LogP contribution is -2.02. The van der Waals surface area contributed by atoms with Crippen molar-refractivity contribution in [3.63, 3.8) is 0 Å². The first kappa shape index (κ1) is 18.7. The van der Waals surface area contributed by atoms with Crippen LogP contribution in [0.4, 0.5) is 0 Å². The Balaban J connectivity index is 3.24. The van der Waals surface area contributed by atoms with Gasteiger partial charge in [0.15, 0.2) is 0 Å².